The molecule has 27 heavy (non-hydrogen) atoms. The number of ether oxygens (including phenoxy) is 1. The molecule has 0 bridgehead atoms. The van der Waals surface area contributed by atoms with E-state index in [1.54, 1.807) is 0 Å². The van der Waals surface area contributed by atoms with Crippen LogP contribution < -0.4 is 27.0 Å². The van der Waals surface area contributed by atoms with Crippen molar-refractivity contribution in [1.29, 1.82) is 0 Å². The average Bonchev–Trinajstić information content (AvgIpc) is 3.06. The number of anilines is 1. The number of carbonyl (C=O) groups excluding carboxylic acids is 1. The number of hydrogen-bond donors (Lipinski definition) is 4. The van der Waals surface area contributed by atoms with Gasteiger partial charge < -0.3 is 20.8 Å². The zero-order chi connectivity index (χ0) is 19.6. The van der Waals surface area contributed by atoms with Crippen LogP contribution in [0.25, 0.3) is 0 Å². The van der Waals surface area contributed by atoms with Crippen LogP contribution in [-0.4, -0.2) is 28.0 Å². The van der Waals surface area contributed by atoms with Crippen LogP contribution in [0.15, 0.2) is 33.9 Å². The predicted molar refractivity (Wildman–Crippen MR) is 102 cm³/mol. The van der Waals surface area contributed by atoms with Gasteiger partial charge in [0.05, 0.1) is 6.10 Å². The van der Waals surface area contributed by atoms with Crippen molar-refractivity contribution in [2.45, 2.75) is 51.2 Å². The van der Waals surface area contributed by atoms with Crippen LogP contribution in [0.2, 0.25) is 0 Å². The fraction of sp³-hybridized carbons (Fsp3) is 0.421. The molecule has 1 saturated carbocycles. The standard InChI is InChI=1S/C19H24N4O4/c1-10(2)27-14-7-4-11(5-8-14)12-3-6-13(9-12)21-18(25)16-15(20)17(24)23-19(26)22-16/h4-5,7-8,10,12-13H,3,6,9,20H2,1-2H3,(H,21,25)(H2,22,23,24,26). The number of benzene rings is 1. The van der Waals surface area contributed by atoms with Gasteiger partial charge in [0.1, 0.15) is 17.1 Å². The number of carbonyl (C=O) groups is 1. The maximum absolute atomic E-state index is 12.4. The second-order valence-corrected chi connectivity index (χ2v) is 7.11. The van der Waals surface area contributed by atoms with E-state index in [4.69, 9.17) is 10.5 Å². The van der Waals surface area contributed by atoms with Gasteiger partial charge in [0.2, 0.25) is 0 Å². The first-order chi connectivity index (χ1) is 12.8. The zero-order valence-corrected chi connectivity index (χ0v) is 15.4. The van der Waals surface area contributed by atoms with E-state index in [0.29, 0.717) is 5.92 Å². The molecule has 8 nitrogen and oxygen atoms in total. The molecule has 8 heteroatoms. The smallest absolute Gasteiger partial charge is 0.326 e. The number of nitrogen functional groups attached to an aromatic ring is 1. The molecule has 2 unspecified atom stereocenters. The number of nitrogens with two attached hydrogens (primary N) is 1. The molecule has 0 saturated heterocycles. The largest absolute Gasteiger partial charge is 0.491 e. The monoisotopic (exact) mass is 372 g/mol. The summed E-state index contributed by atoms with van der Waals surface area (Å²) in [6.07, 6.45) is 2.67. The van der Waals surface area contributed by atoms with E-state index in [0.717, 1.165) is 25.0 Å². The first-order valence-corrected chi connectivity index (χ1v) is 9.03. The molecule has 1 heterocycles. The highest BCUT2D eigenvalue weighted by Crippen LogP contribution is 2.35. The molecule has 1 aliphatic rings. The van der Waals surface area contributed by atoms with E-state index in [1.165, 1.54) is 5.56 Å². The first-order valence-electron chi connectivity index (χ1n) is 9.03. The minimum Gasteiger partial charge on any atom is -0.491 e. The minimum atomic E-state index is -0.767. The molecule has 5 N–H and O–H groups in total. The third kappa shape index (κ3) is 4.39. The number of nitrogens with one attached hydrogen (secondary N) is 3. The van der Waals surface area contributed by atoms with Gasteiger partial charge >= 0.3 is 5.69 Å². The van der Waals surface area contributed by atoms with Gasteiger partial charge in [-0.05, 0) is 56.7 Å². The molecule has 0 radical (unpaired) electrons. The average molecular weight is 372 g/mol. The number of H-pyrrole nitrogens is 2. The van der Waals surface area contributed by atoms with Crippen molar-refractivity contribution in [3.63, 3.8) is 0 Å². The van der Waals surface area contributed by atoms with Crippen molar-refractivity contribution in [2.24, 2.45) is 0 Å². The molecule has 0 spiro atoms. The first kappa shape index (κ1) is 18.8. The highest BCUT2D eigenvalue weighted by Gasteiger charge is 2.28. The number of amides is 1. The fourth-order valence-electron chi connectivity index (χ4n) is 3.44. The number of aromatic nitrogens is 2. The topological polar surface area (TPSA) is 130 Å². The second-order valence-electron chi connectivity index (χ2n) is 7.11. The van der Waals surface area contributed by atoms with Crippen molar-refractivity contribution < 1.29 is 9.53 Å². The van der Waals surface area contributed by atoms with Gasteiger partial charge in [-0.25, -0.2) is 4.79 Å². The van der Waals surface area contributed by atoms with Gasteiger partial charge in [-0.15, -0.1) is 0 Å². The molecule has 1 aliphatic carbocycles. The Balaban J connectivity index is 1.64. The Morgan fingerprint density at radius 1 is 1.19 bits per heavy atom. The van der Waals surface area contributed by atoms with Gasteiger partial charge in [0, 0.05) is 6.04 Å². The quantitative estimate of drug-likeness (QED) is 0.632. The van der Waals surface area contributed by atoms with Crippen LogP contribution in [0.5, 0.6) is 5.75 Å². The summed E-state index contributed by atoms with van der Waals surface area (Å²) in [4.78, 5) is 39.6. The van der Waals surface area contributed by atoms with Crippen LogP contribution in [0, 0.1) is 0 Å². The fourth-order valence-corrected chi connectivity index (χ4v) is 3.44. The van der Waals surface area contributed by atoms with E-state index in [1.807, 2.05) is 31.0 Å². The summed E-state index contributed by atoms with van der Waals surface area (Å²) in [5, 5.41) is 2.86. The van der Waals surface area contributed by atoms with E-state index < -0.39 is 17.2 Å². The number of rotatable bonds is 5. The van der Waals surface area contributed by atoms with Crippen molar-refractivity contribution >= 4 is 11.6 Å². The molecule has 1 aromatic heterocycles. The van der Waals surface area contributed by atoms with Gasteiger partial charge in [0.25, 0.3) is 11.5 Å². The van der Waals surface area contributed by atoms with Crippen molar-refractivity contribution in [1.82, 2.24) is 15.3 Å². The summed E-state index contributed by atoms with van der Waals surface area (Å²) in [6.45, 7) is 3.97. The van der Waals surface area contributed by atoms with Gasteiger partial charge in [-0.2, -0.15) is 0 Å². The summed E-state index contributed by atoms with van der Waals surface area (Å²) in [6, 6.07) is 7.99. The Labute approximate surface area is 156 Å². The highest BCUT2D eigenvalue weighted by molar-refractivity contribution is 5.96. The third-order valence-electron chi connectivity index (χ3n) is 4.70. The Hall–Kier alpha value is -3.03. The van der Waals surface area contributed by atoms with Crippen LogP contribution >= 0.6 is 0 Å². The summed E-state index contributed by atoms with van der Waals surface area (Å²) >= 11 is 0. The van der Waals surface area contributed by atoms with Crippen LogP contribution in [0.4, 0.5) is 5.69 Å². The SMILES string of the molecule is CC(C)Oc1ccc(C2CCC(NC(=O)c3[nH]c(=O)[nH]c(=O)c3N)C2)cc1. The number of hydrogen-bond acceptors (Lipinski definition) is 5. The lowest BCUT2D eigenvalue weighted by atomic mass is 9.97. The van der Waals surface area contributed by atoms with Crippen LogP contribution in [0.1, 0.15) is 55.1 Å². The maximum atomic E-state index is 12.4. The molecule has 2 atom stereocenters. The predicted octanol–water partition coefficient (Wildman–Crippen LogP) is 1.50. The molecule has 2 aromatic rings. The molecule has 0 aliphatic heterocycles. The van der Waals surface area contributed by atoms with E-state index >= 15 is 0 Å². The van der Waals surface area contributed by atoms with E-state index in [9.17, 15) is 14.4 Å². The molecule has 1 fully saturated rings. The molecule has 144 valence electrons. The summed E-state index contributed by atoms with van der Waals surface area (Å²) in [5.74, 6) is 0.631. The third-order valence-corrected chi connectivity index (χ3v) is 4.70. The maximum Gasteiger partial charge on any atom is 0.326 e. The highest BCUT2D eigenvalue weighted by atomic mass is 16.5. The van der Waals surface area contributed by atoms with Gasteiger partial charge in [-0.1, -0.05) is 12.1 Å². The lowest BCUT2D eigenvalue weighted by Gasteiger charge is -2.15. The normalized spacial score (nSPS) is 19.2. The number of aromatic amines is 2. The lowest BCUT2D eigenvalue weighted by molar-refractivity contribution is 0.0933. The lowest BCUT2D eigenvalue weighted by Crippen LogP contribution is -2.37. The van der Waals surface area contributed by atoms with Gasteiger partial charge in [0.15, 0.2) is 0 Å². The Bertz CT molecular complexity index is 930. The Morgan fingerprint density at radius 3 is 2.56 bits per heavy atom. The van der Waals surface area contributed by atoms with Crippen molar-refractivity contribution in [2.75, 3.05) is 5.73 Å². The summed E-state index contributed by atoms with van der Waals surface area (Å²) in [5.41, 5.74) is 4.80. The van der Waals surface area contributed by atoms with Crippen LogP contribution in [-0.2, 0) is 0 Å². The summed E-state index contributed by atoms with van der Waals surface area (Å²) < 4.78 is 5.66. The van der Waals surface area contributed by atoms with Gasteiger partial charge in [-0.3, -0.25) is 14.6 Å². The van der Waals surface area contributed by atoms with E-state index in [-0.39, 0.29) is 23.5 Å². The van der Waals surface area contributed by atoms with Crippen molar-refractivity contribution in [3.8, 4) is 5.75 Å². The molecular weight excluding hydrogens is 348 g/mol. The Morgan fingerprint density at radius 2 is 1.89 bits per heavy atom. The zero-order valence-electron chi connectivity index (χ0n) is 15.4. The summed E-state index contributed by atoms with van der Waals surface area (Å²) in [7, 11) is 0. The van der Waals surface area contributed by atoms with Crippen LogP contribution in [0.3, 0.4) is 0 Å². The van der Waals surface area contributed by atoms with Crippen molar-refractivity contribution in [3.05, 3.63) is 56.4 Å². The molecule has 1 amide bonds. The molecular formula is C19H24N4O4. The van der Waals surface area contributed by atoms with E-state index in [2.05, 4.69) is 22.4 Å². The molecule has 1 aromatic carbocycles. The molecule has 3 rings (SSSR count). The minimum absolute atomic E-state index is 0.0451. The second kappa shape index (κ2) is 7.69. The Kier molecular flexibility index (Phi) is 5.34.